The Labute approximate surface area is 168 Å². The molecule has 5 nitrogen and oxygen atoms in total. The van der Waals surface area contributed by atoms with Gasteiger partial charge in [0.05, 0.1) is 19.1 Å². The second-order valence-corrected chi connectivity index (χ2v) is 7.96. The number of furan rings is 1. The van der Waals surface area contributed by atoms with Crippen LogP contribution in [0.15, 0.2) is 47.3 Å². The van der Waals surface area contributed by atoms with Gasteiger partial charge in [-0.15, -0.1) is 0 Å². The van der Waals surface area contributed by atoms with Gasteiger partial charge in [0.1, 0.15) is 11.9 Å². The molecule has 5 heteroatoms. The lowest BCUT2D eigenvalue weighted by atomic mass is 9.89. The summed E-state index contributed by atoms with van der Waals surface area (Å²) in [6.07, 6.45) is 9.07. The van der Waals surface area contributed by atoms with Crippen molar-refractivity contribution >= 4 is 5.91 Å². The van der Waals surface area contributed by atoms with Gasteiger partial charge in [-0.25, -0.2) is 0 Å². The second kappa shape index (κ2) is 10.3. The predicted octanol–water partition coefficient (Wildman–Crippen LogP) is 4.38. The Morgan fingerprint density at radius 1 is 1.21 bits per heavy atom. The van der Waals surface area contributed by atoms with E-state index in [-0.39, 0.29) is 17.9 Å². The van der Waals surface area contributed by atoms with Gasteiger partial charge in [-0.3, -0.25) is 9.69 Å². The van der Waals surface area contributed by atoms with Gasteiger partial charge in [-0.1, -0.05) is 31.4 Å². The summed E-state index contributed by atoms with van der Waals surface area (Å²) in [7, 11) is 2.09. The number of amides is 1. The maximum absolute atomic E-state index is 12.3. The van der Waals surface area contributed by atoms with Crippen LogP contribution in [0.4, 0.5) is 0 Å². The molecular formula is C23H32N2O3. The molecule has 0 aliphatic heterocycles. The first-order valence-corrected chi connectivity index (χ1v) is 10.3. The second-order valence-electron chi connectivity index (χ2n) is 7.96. The molecule has 1 aromatic carbocycles. The molecule has 2 aromatic rings. The Kier molecular flexibility index (Phi) is 7.54. The first-order chi connectivity index (χ1) is 13.6. The molecule has 1 fully saturated rings. The minimum absolute atomic E-state index is 0.0635. The van der Waals surface area contributed by atoms with Crippen molar-refractivity contribution < 1.29 is 13.9 Å². The Hall–Kier alpha value is -2.27. The molecule has 1 heterocycles. The van der Waals surface area contributed by atoms with Crippen LogP contribution in [-0.4, -0.2) is 30.5 Å². The smallest absolute Gasteiger partial charge is 0.223 e. The molecule has 1 saturated carbocycles. The molecule has 0 unspecified atom stereocenters. The summed E-state index contributed by atoms with van der Waals surface area (Å²) in [5, 5.41) is 3.06. The highest BCUT2D eigenvalue weighted by atomic mass is 16.5. The lowest BCUT2D eigenvalue weighted by Gasteiger charge is -2.22. The average Bonchev–Trinajstić information content (AvgIpc) is 3.20. The van der Waals surface area contributed by atoms with E-state index in [0.717, 1.165) is 37.2 Å². The van der Waals surface area contributed by atoms with Gasteiger partial charge in [-0.2, -0.15) is 0 Å². The van der Waals surface area contributed by atoms with E-state index < -0.39 is 0 Å². The number of rotatable bonds is 9. The molecule has 1 aromatic heterocycles. The fourth-order valence-electron chi connectivity index (χ4n) is 3.81. The van der Waals surface area contributed by atoms with Crippen LogP contribution >= 0.6 is 0 Å². The number of nitrogens with one attached hydrogen (secondary N) is 1. The lowest BCUT2D eigenvalue weighted by Crippen LogP contribution is -2.38. The third-order valence-corrected chi connectivity index (χ3v) is 5.26. The largest absolute Gasteiger partial charge is 0.489 e. The number of hydrogen-bond donors (Lipinski definition) is 1. The van der Waals surface area contributed by atoms with Crippen molar-refractivity contribution in [1.29, 1.82) is 0 Å². The van der Waals surface area contributed by atoms with E-state index in [0.29, 0.717) is 6.54 Å². The summed E-state index contributed by atoms with van der Waals surface area (Å²) in [4.78, 5) is 14.5. The maximum Gasteiger partial charge on any atom is 0.223 e. The van der Waals surface area contributed by atoms with Crippen molar-refractivity contribution in [3.05, 3.63) is 54.0 Å². The Balaban J connectivity index is 1.44. The van der Waals surface area contributed by atoms with Crippen LogP contribution in [0.3, 0.4) is 0 Å². The molecule has 1 atom stereocenters. The highest BCUT2D eigenvalue weighted by Gasteiger charge is 2.21. The van der Waals surface area contributed by atoms with Crippen LogP contribution in [0.2, 0.25) is 0 Å². The number of benzene rings is 1. The molecule has 0 bridgehead atoms. The summed E-state index contributed by atoms with van der Waals surface area (Å²) < 4.78 is 11.2. The third-order valence-electron chi connectivity index (χ3n) is 5.26. The zero-order valence-electron chi connectivity index (χ0n) is 17.0. The molecule has 152 valence electrons. The van der Waals surface area contributed by atoms with Gasteiger partial charge >= 0.3 is 0 Å². The molecule has 0 spiro atoms. The van der Waals surface area contributed by atoms with E-state index in [1.54, 1.807) is 12.5 Å². The van der Waals surface area contributed by atoms with Crippen LogP contribution in [0.25, 0.3) is 0 Å². The maximum atomic E-state index is 12.3. The van der Waals surface area contributed by atoms with Crippen molar-refractivity contribution in [3.8, 4) is 5.75 Å². The van der Waals surface area contributed by atoms with Crippen LogP contribution in [-0.2, 0) is 17.9 Å². The monoisotopic (exact) mass is 384 g/mol. The van der Waals surface area contributed by atoms with Crippen molar-refractivity contribution in [2.75, 3.05) is 13.6 Å². The van der Waals surface area contributed by atoms with Crippen LogP contribution in [0.1, 0.15) is 50.2 Å². The van der Waals surface area contributed by atoms with Gasteiger partial charge in [0.15, 0.2) is 0 Å². The van der Waals surface area contributed by atoms with Gasteiger partial charge in [-0.05, 0) is 50.6 Å². The predicted molar refractivity (Wildman–Crippen MR) is 110 cm³/mol. The molecule has 1 amide bonds. The van der Waals surface area contributed by atoms with Gasteiger partial charge < -0.3 is 14.5 Å². The van der Waals surface area contributed by atoms with E-state index in [4.69, 9.17) is 9.15 Å². The average molecular weight is 385 g/mol. The number of ether oxygens (including phenoxy) is 1. The van der Waals surface area contributed by atoms with Crippen LogP contribution < -0.4 is 10.1 Å². The highest BCUT2D eigenvalue weighted by Crippen LogP contribution is 2.23. The number of carbonyl (C=O) groups is 1. The Morgan fingerprint density at radius 3 is 2.75 bits per heavy atom. The molecule has 1 N–H and O–H groups in total. The SMILES string of the molecule is C[C@H](CNC(=O)C1CCCCC1)Oc1cccc(CN(C)Cc2ccoc2)c1. The molecule has 3 rings (SSSR count). The molecular weight excluding hydrogens is 352 g/mol. The first kappa shape index (κ1) is 20.5. The minimum atomic E-state index is -0.0635. The zero-order chi connectivity index (χ0) is 19.8. The summed E-state index contributed by atoms with van der Waals surface area (Å²) in [5.74, 6) is 1.22. The van der Waals surface area contributed by atoms with E-state index in [1.807, 2.05) is 25.1 Å². The summed E-state index contributed by atoms with van der Waals surface area (Å²) in [5.41, 5.74) is 2.36. The van der Waals surface area contributed by atoms with E-state index in [9.17, 15) is 4.79 Å². The molecule has 28 heavy (non-hydrogen) atoms. The zero-order valence-corrected chi connectivity index (χ0v) is 17.0. The van der Waals surface area contributed by atoms with Crippen molar-refractivity contribution in [1.82, 2.24) is 10.2 Å². The Bertz CT molecular complexity index is 723. The number of nitrogens with zero attached hydrogens (tertiary/aromatic N) is 1. The van der Waals surface area contributed by atoms with Gasteiger partial charge in [0, 0.05) is 24.6 Å². The fourth-order valence-corrected chi connectivity index (χ4v) is 3.81. The van der Waals surface area contributed by atoms with E-state index in [2.05, 4.69) is 29.4 Å². The van der Waals surface area contributed by atoms with E-state index >= 15 is 0 Å². The highest BCUT2D eigenvalue weighted by molar-refractivity contribution is 5.78. The van der Waals surface area contributed by atoms with Crippen molar-refractivity contribution in [2.45, 2.75) is 58.2 Å². The number of hydrogen-bond acceptors (Lipinski definition) is 4. The van der Waals surface area contributed by atoms with Crippen molar-refractivity contribution in [3.63, 3.8) is 0 Å². The quantitative estimate of drug-likeness (QED) is 0.697. The van der Waals surface area contributed by atoms with E-state index in [1.165, 1.54) is 24.8 Å². The van der Waals surface area contributed by atoms with Gasteiger partial charge in [0.2, 0.25) is 5.91 Å². The van der Waals surface area contributed by atoms with Gasteiger partial charge in [0.25, 0.3) is 0 Å². The lowest BCUT2D eigenvalue weighted by molar-refractivity contribution is -0.126. The topological polar surface area (TPSA) is 54.7 Å². The van der Waals surface area contributed by atoms with Crippen molar-refractivity contribution in [2.24, 2.45) is 5.92 Å². The standard InChI is InChI=1S/C23H32N2O3/c1-18(14-24-23(26)21-8-4-3-5-9-21)28-22-10-6-7-19(13-22)15-25(2)16-20-11-12-27-17-20/h6-7,10-13,17-18,21H,3-5,8-9,14-16H2,1-2H3,(H,24,26)/t18-/m1/s1. The summed E-state index contributed by atoms with van der Waals surface area (Å²) in [6, 6.07) is 10.2. The third kappa shape index (κ3) is 6.41. The fraction of sp³-hybridized carbons (Fsp3) is 0.522. The van der Waals surface area contributed by atoms with Crippen LogP contribution in [0.5, 0.6) is 5.75 Å². The summed E-state index contributed by atoms with van der Waals surface area (Å²) >= 11 is 0. The molecule has 1 aliphatic carbocycles. The number of carbonyl (C=O) groups excluding carboxylic acids is 1. The first-order valence-electron chi connectivity index (χ1n) is 10.3. The Morgan fingerprint density at radius 2 is 2.00 bits per heavy atom. The normalized spacial score (nSPS) is 16.1. The molecule has 0 radical (unpaired) electrons. The van der Waals surface area contributed by atoms with Crippen LogP contribution in [0, 0.1) is 5.92 Å². The summed E-state index contributed by atoms with van der Waals surface area (Å²) in [6.45, 7) is 4.21. The molecule has 1 aliphatic rings. The molecule has 0 saturated heterocycles. The minimum Gasteiger partial charge on any atom is -0.489 e.